The number of carboxylic acids is 1. The molecule has 7 nitrogen and oxygen atoms in total. The number of thiophene rings is 1. The molecule has 2 aromatic heterocycles. The first kappa shape index (κ1) is 16.3. The molecule has 0 unspecified atom stereocenters. The molecule has 0 radical (unpaired) electrons. The highest BCUT2D eigenvalue weighted by Gasteiger charge is 2.35. The van der Waals surface area contributed by atoms with E-state index in [1.165, 1.54) is 17.6 Å². The highest BCUT2D eigenvalue weighted by Crippen LogP contribution is 2.30. The number of carboxylic acid groups (broad SMARTS) is 1. The Morgan fingerprint density at radius 1 is 1.29 bits per heavy atom. The Morgan fingerprint density at radius 2 is 2.04 bits per heavy atom. The number of rotatable bonds is 5. The van der Waals surface area contributed by atoms with Crippen molar-refractivity contribution >= 4 is 34.1 Å². The van der Waals surface area contributed by atoms with E-state index in [9.17, 15) is 14.4 Å². The van der Waals surface area contributed by atoms with E-state index in [-0.39, 0.29) is 29.5 Å². The first-order valence-corrected chi connectivity index (χ1v) is 8.24. The molecule has 2 aromatic rings. The molecule has 3 N–H and O–H groups in total. The Morgan fingerprint density at radius 3 is 2.67 bits per heavy atom. The first-order valence-electron chi connectivity index (χ1n) is 7.43. The van der Waals surface area contributed by atoms with Crippen LogP contribution in [0.25, 0.3) is 0 Å². The number of anilines is 1. The van der Waals surface area contributed by atoms with Gasteiger partial charge in [-0.3, -0.25) is 14.4 Å². The molecule has 0 bridgehead atoms. The smallest absolute Gasteiger partial charge is 0.306 e. The van der Waals surface area contributed by atoms with Gasteiger partial charge in [0.1, 0.15) is 0 Å². The van der Waals surface area contributed by atoms with E-state index >= 15 is 0 Å². The molecule has 3 rings (SSSR count). The molecule has 0 saturated heterocycles. The van der Waals surface area contributed by atoms with Gasteiger partial charge in [-0.15, -0.1) is 11.3 Å². The number of nitrogens with one attached hydrogen (secondary N) is 2. The second-order valence-corrected chi connectivity index (χ2v) is 6.78. The van der Waals surface area contributed by atoms with Gasteiger partial charge in [0.25, 0.3) is 11.8 Å². The summed E-state index contributed by atoms with van der Waals surface area (Å²) in [6.07, 6.45) is 2.32. The Bertz CT molecular complexity index is 774. The Hall–Kier alpha value is -2.61. The Kier molecular flexibility index (Phi) is 4.39. The van der Waals surface area contributed by atoms with E-state index in [1.807, 2.05) is 0 Å². The molecule has 24 heavy (non-hydrogen) atoms. The van der Waals surface area contributed by atoms with Gasteiger partial charge in [-0.25, -0.2) is 0 Å². The summed E-state index contributed by atoms with van der Waals surface area (Å²) in [5.41, 5.74) is 0.751. The zero-order valence-electron chi connectivity index (χ0n) is 12.9. The van der Waals surface area contributed by atoms with Crippen molar-refractivity contribution in [3.05, 3.63) is 40.7 Å². The molecule has 2 heterocycles. The van der Waals surface area contributed by atoms with Crippen LogP contribution in [0, 0.1) is 12.8 Å². The number of amides is 2. The molecule has 0 aromatic carbocycles. The van der Waals surface area contributed by atoms with Gasteiger partial charge in [0.15, 0.2) is 5.76 Å². The van der Waals surface area contributed by atoms with E-state index < -0.39 is 5.97 Å². The summed E-state index contributed by atoms with van der Waals surface area (Å²) >= 11 is 1.17. The van der Waals surface area contributed by atoms with Gasteiger partial charge in [0.05, 0.1) is 22.1 Å². The van der Waals surface area contributed by atoms with Crippen molar-refractivity contribution in [2.24, 2.45) is 5.92 Å². The molecule has 2 amide bonds. The van der Waals surface area contributed by atoms with Crippen molar-refractivity contribution < 1.29 is 23.9 Å². The van der Waals surface area contributed by atoms with Crippen molar-refractivity contribution in [2.45, 2.75) is 25.8 Å². The number of hydrogen-bond acceptors (Lipinski definition) is 5. The minimum Gasteiger partial charge on any atom is -0.481 e. The van der Waals surface area contributed by atoms with E-state index in [1.54, 1.807) is 25.1 Å². The van der Waals surface area contributed by atoms with Crippen LogP contribution in [0.3, 0.4) is 0 Å². The molecule has 126 valence electrons. The average Bonchev–Trinajstić information content (AvgIpc) is 3.11. The highest BCUT2D eigenvalue weighted by molar-refractivity contribution is 7.18. The topological polar surface area (TPSA) is 109 Å². The number of aryl methyl sites for hydroxylation is 1. The average molecular weight is 348 g/mol. The van der Waals surface area contributed by atoms with Crippen LogP contribution in [0.15, 0.2) is 28.9 Å². The molecule has 1 fully saturated rings. The lowest BCUT2D eigenvalue weighted by Crippen LogP contribution is -2.46. The van der Waals surface area contributed by atoms with Crippen LogP contribution in [-0.4, -0.2) is 28.9 Å². The molecule has 1 aliphatic carbocycles. The molecule has 1 saturated carbocycles. The largest absolute Gasteiger partial charge is 0.481 e. The maximum Gasteiger partial charge on any atom is 0.306 e. The summed E-state index contributed by atoms with van der Waals surface area (Å²) in [5, 5.41) is 14.9. The van der Waals surface area contributed by atoms with Crippen LogP contribution in [0.5, 0.6) is 0 Å². The number of aliphatic carboxylic acids is 1. The fraction of sp³-hybridized carbons (Fsp3) is 0.312. The van der Waals surface area contributed by atoms with Crippen LogP contribution >= 0.6 is 11.3 Å². The van der Waals surface area contributed by atoms with E-state index in [0.29, 0.717) is 22.7 Å². The summed E-state index contributed by atoms with van der Waals surface area (Å²) in [4.78, 5) is 35.5. The number of carbonyl (C=O) groups is 3. The van der Waals surface area contributed by atoms with Crippen LogP contribution in [0.1, 0.15) is 38.6 Å². The lowest BCUT2D eigenvalue weighted by atomic mass is 9.80. The van der Waals surface area contributed by atoms with Gasteiger partial charge < -0.3 is 20.2 Å². The van der Waals surface area contributed by atoms with Crippen LogP contribution in [0.2, 0.25) is 0 Å². The second kappa shape index (κ2) is 6.48. The lowest BCUT2D eigenvalue weighted by Gasteiger charge is -2.32. The predicted octanol–water partition coefficient (Wildman–Crippen LogP) is 2.49. The van der Waals surface area contributed by atoms with Crippen LogP contribution < -0.4 is 10.6 Å². The quantitative estimate of drug-likeness (QED) is 0.769. The first-order chi connectivity index (χ1) is 11.4. The summed E-state index contributed by atoms with van der Waals surface area (Å²) < 4.78 is 5.02. The zero-order valence-corrected chi connectivity index (χ0v) is 13.7. The summed E-state index contributed by atoms with van der Waals surface area (Å²) in [7, 11) is 0. The SMILES string of the molecule is Cc1cc(NC(=O)c2ccco2)sc1C(=O)NC1CC(C(=O)O)C1. The van der Waals surface area contributed by atoms with Crippen molar-refractivity contribution in [3.8, 4) is 0 Å². The maximum absolute atomic E-state index is 12.3. The monoisotopic (exact) mass is 348 g/mol. The van der Waals surface area contributed by atoms with E-state index in [2.05, 4.69) is 10.6 Å². The number of furan rings is 1. The van der Waals surface area contributed by atoms with Gasteiger partial charge in [0, 0.05) is 6.04 Å². The number of hydrogen-bond donors (Lipinski definition) is 3. The molecule has 8 heteroatoms. The summed E-state index contributed by atoms with van der Waals surface area (Å²) in [5.74, 6) is -1.62. The molecule has 0 atom stereocenters. The normalized spacial score (nSPS) is 19.4. The molecule has 0 aliphatic heterocycles. The minimum absolute atomic E-state index is 0.110. The third kappa shape index (κ3) is 3.33. The van der Waals surface area contributed by atoms with Gasteiger partial charge in [-0.1, -0.05) is 0 Å². The zero-order chi connectivity index (χ0) is 17.3. The fourth-order valence-electron chi connectivity index (χ4n) is 2.54. The van der Waals surface area contributed by atoms with Crippen molar-refractivity contribution in [2.75, 3.05) is 5.32 Å². The Labute approximate surface area is 141 Å². The highest BCUT2D eigenvalue weighted by atomic mass is 32.1. The predicted molar refractivity (Wildman–Crippen MR) is 87.3 cm³/mol. The van der Waals surface area contributed by atoms with Gasteiger partial charge in [-0.2, -0.15) is 0 Å². The Balaban J connectivity index is 1.60. The van der Waals surface area contributed by atoms with Gasteiger partial charge in [-0.05, 0) is 43.5 Å². The van der Waals surface area contributed by atoms with Crippen molar-refractivity contribution in [1.29, 1.82) is 0 Å². The third-order valence-corrected chi connectivity index (χ3v) is 5.08. The van der Waals surface area contributed by atoms with Gasteiger partial charge in [0.2, 0.25) is 0 Å². The maximum atomic E-state index is 12.3. The molecule has 0 spiro atoms. The van der Waals surface area contributed by atoms with Gasteiger partial charge >= 0.3 is 5.97 Å². The fourth-order valence-corrected chi connectivity index (χ4v) is 3.51. The lowest BCUT2D eigenvalue weighted by molar-refractivity contribution is -0.145. The number of carbonyl (C=O) groups excluding carboxylic acids is 2. The van der Waals surface area contributed by atoms with Crippen LogP contribution in [-0.2, 0) is 4.79 Å². The molecular weight excluding hydrogens is 332 g/mol. The summed E-state index contributed by atoms with van der Waals surface area (Å²) in [6.45, 7) is 1.79. The minimum atomic E-state index is -0.823. The van der Waals surface area contributed by atoms with Crippen LogP contribution in [0.4, 0.5) is 5.00 Å². The third-order valence-electron chi connectivity index (χ3n) is 3.93. The van der Waals surface area contributed by atoms with E-state index in [0.717, 1.165) is 5.56 Å². The standard InChI is InChI=1S/C16H16N2O5S/c1-8-5-12(18-14(19)11-3-2-4-23-11)24-13(8)15(20)17-10-6-9(7-10)16(21)22/h2-5,9-10H,6-7H2,1H3,(H,17,20)(H,18,19)(H,21,22). The molecular formula is C16H16N2O5S. The van der Waals surface area contributed by atoms with Crippen molar-refractivity contribution in [1.82, 2.24) is 5.32 Å². The van der Waals surface area contributed by atoms with E-state index in [4.69, 9.17) is 9.52 Å². The molecule has 1 aliphatic rings. The second-order valence-electron chi connectivity index (χ2n) is 5.73. The van der Waals surface area contributed by atoms with Crippen molar-refractivity contribution in [3.63, 3.8) is 0 Å². The summed E-state index contributed by atoms with van der Waals surface area (Å²) in [6, 6.07) is 4.79.